The lowest BCUT2D eigenvalue weighted by Crippen LogP contribution is -2.25. The molecule has 4 nitrogen and oxygen atoms in total. The molecule has 2 unspecified atom stereocenters. The number of rotatable bonds is 3. The number of aromatic amines is 1. The molecule has 4 heteroatoms. The molecule has 5 rings (SSSR count). The molecule has 1 aliphatic heterocycles. The number of nitrogens with one attached hydrogen (secondary N) is 1. The van der Waals surface area contributed by atoms with Gasteiger partial charge in [-0.1, -0.05) is 30.3 Å². The summed E-state index contributed by atoms with van der Waals surface area (Å²) in [6.45, 7) is 0.599. The minimum atomic E-state index is 0.145. The predicted octanol–water partition coefficient (Wildman–Crippen LogP) is 5.19. The lowest BCUT2D eigenvalue weighted by Gasteiger charge is -2.34. The van der Waals surface area contributed by atoms with E-state index in [1.54, 1.807) is 19.2 Å². The average molecular weight is 371 g/mol. The van der Waals surface area contributed by atoms with Crippen molar-refractivity contribution in [1.29, 1.82) is 0 Å². The second kappa shape index (κ2) is 6.64. The predicted molar refractivity (Wildman–Crippen MR) is 109 cm³/mol. The van der Waals surface area contributed by atoms with Gasteiger partial charge >= 0.3 is 0 Å². The van der Waals surface area contributed by atoms with E-state index in [9.17, 15) is 5.11 Å². The lowest BCUT2D eigenvalue weighted by molar-refractivity contribution is 0.249. The molecule has 2 atom stereocenters. The molecule has 4 aromatic rings. The monoisotopic (exact) mass is 371 g/mol. The first-order valence-corrected chi connectivity index (χ1v) is 9.40. The summed E-state index contributed by atoms with van der Waals surface area (Å²) in [6, 6.07) is 21.9. The van der Waals surface area contributed by atoms with Crippen LogP contribution in [-0.2, 0) is 0 Å². The van der Waals surface area contributed by atoms with Crippen LogP contribution in [0.1, 0.15) is 28.5 Å². The first-order valence-electron chi connectivity index (χ1n) is 9.40. The van der Waals surface area contributed by atoms with E-state index in [4.69, 9.17) is 9.47 Å². The minimum Gasteiger partial charge on any atom is -0.508 e. The summed E-state index contributed by atoms with van der Waals surface area (Å²) >= 11 is 0. The highest BCUT2D eigenvalue weighted by Crippen LogP contribution is 2.47. The molecule has 28 heavy (non-hydrogen) atoms. The Balaban J connectivity index is 1.66. The highest BCUT2D eigenvalue weighted by atomic mass is 16.5. The number of phenols is 1. The summed E-state index contributed by atoms with van der Waals surface area (Å²) in [7, 11) is 1.68. The third-order valence-corrected chi connectivity index (χ3v) is 5.65. The van der Waals surface area contributed by atoms with E-state index in [1.807, 2.05) is 36.4 Å². The van der Waals surface area contributed by atoms with Gasteiger partial charge in [0.05, 0.1) is 13.7 Å². The Morgan fingerprint density at radius 1 is 1.00 bits per heavy atom. The van der Waals surface area contributed by atoms with Crippen molar-refractivity contribution in [3.05, 3.63) is 89.6 Å². The molecular formula is C24H21NO3. The Bertz CT molecular complexity index is 1130. The van der Waals surface area contributed by atoms with Gasteiger partial charge < -0.3 is 19.6 Å². The highest BCUT2D eigenvalue weighted by molar-refractivity contribution is 5.85. The van der Waals surface area contributed by atoms with Crippen molar-refractivity contribution in [3.63, 3.8) is 0 Å². The van der Waals surface area contributed by atoms with Gasteiger partial charge in [-0.25, -0.2) is 0 Å². The molecule has 0 saturated carbocycles. The Morgan fingerprint density at radius 2 is 1.82 bits per heavy atom. The summed E-state index contributed by atoms with van der Waals surface area (Å²) in [4.78, 5) is 3.39. The van der Waals surface area contributed by atoms with Crippen LogP contribution in [0.25, 0.3) is 10.9 Å². The van der Waals surface area contributed by atoms with Gasteiger partial charge in [-0.3, -0.25) is 0 Å². The van der Waals surface area contributed by atoms with E-state index in [0.717, 1.165) is 17.0 Å². The maximum absolute atomic E-state index is 9.75. The maximum atomic E-state index is 9.75. The molecule has 0 spiro atoms. The smallest absolute Gasteiger partial charge is 0.123 e. The van der Waals surface area contributed by atoms with Gasteiger partial charge in [0, 0.05) is 40.6 Å². The molecule has 0 aliphatic carbocycles. The van der Waals surface area contributed by atoms with Crippen LogP contribution in [0.15, 0.2) is 72.9 Å². The van der Waals surface area contributed by atoms with E-state index in [1.165, 1.54) is 22.1 Å². The molecule has 0 saturated heterocycles. The fourth-order valence-electron chi connectivity index (χ4n) is 4.29. The summed E-state index contributed by atoms with van der Waals surface area (Å²) in [5.74, 6) is 2.34. The summed E-state index contributed by atoms with van der Waals surface area (Å²) in [5.41, 5.74) is 4.62. The average Bonchev–Trinajstić information content (AvgIpc) is 3.16. The molecule has 3 aromatic carbocycles. The van der Waals surface area contributed by atoms with Gasteiger partial charge in [0.1, 0.15) is 17.2 Å². The highest BCUT2D eigenvalue weighted by Gasteiger charge is 2.34. The van der Waals surface area contributed by atoms with E-state index in [2.05, 4.69) is 29.4 Å². The number of aromatic hydroxyl groups is 1. The van der Waals surface area contributed by atoms with Crippen molar-refractivity contribution < 1.29 is 14.6 Å². The van der Waals surface area contributed by atoms with Crippen LogP contribution < -0.4 is 9.47 Å². The molecular weight excluding hydrogens is 350 g/mol. The van der Waals surface area contributed by atoms with Crippen LogP contribution >= 0.6 is 0 Å². The van der Waals surface area contributed by atoms with E-state index in [-0.39, 0.29) is 17.6 Å². The fraction of sp³-hybridized carbons (Fsp3) is 0.167. The lowest BCUT2D eigenvalue weighted by atomic mass is 9.76. The molecule has 0 radical (unpaired) electrons. The Hall–Kier alpha value is -3.40. The number of benzene rings is 3. The number of H-pyrrole nitrogens is 1. The molecule has 0 amide bonds. The van der Waals surface area contributed by atoms with Gasteiger partial charge in [-0.15, -0.1) is 0 Å². The van der Waals surface area contributed by atoms with Crippen molar-refractivity contribution in [2.75, 3.05) is 13.7 Å². The normalized spacial score (nSPS) is 18.5. The third kappa shape index (κ3) is 2.69. The molecule has 1 aliphatic rings. The second-order valence-electron chi connectivity index (χ2n) is 7.18. The minimum absolute atomic E-state index is 0.145. The third-order valence-electron chi connectivity index (χ3n) is 5.65. The molecule has 1 aromatic heterocycles. The van der Waals surface area contributed by atoms with Crippen molar-refractivity contribution in [3.8, 4) is 17.2 Å². The molecule has 140 valence electrons. The van der Waals surface area contributed by atoms with E-state index >= 15 is 0 Å². The van der Waals surface area contributed by atoms with Gasteiger partial charge in [0.15, 0.2) is 0 Å². The van der Waals surface area contributed by atoms with Crippen LogP contribution in [0.4, 0.5) is 0 Å². The van der Waals surface area contributed by atoms with Crippen LogP contribution in [0.2, 0.25) is 0 Å². The second-order valence-corrected chi connectivity index (χ2v) is 7.18. The first kappa shape index (κ1) is 16.8. The van der Waals surface area contributed by atoms with Crippen LogP contribution in [0.5, 0.6) is 17.2 Å². The summed E-state index contributed by atoms with van der Waals surface area (Å²) in [5, 5.41) is 10.9. The summed E-state index contributed by atoms with van der Waals surface area (Å²) in [6.07, 6.45) is 2.08. The number of methoxy groups -OCH3 is 1. The number of para-hydroxylation sites is 1. The van der Waals surface area contributed by atoms with E-state index in [0.29, 0.717) is 6.61 Å². The molecule has 0 fully saturated rings. The van der Waals surface area contributed by atoms with Gasteiger partial charge in [0.25, 0.3) is 0 Å². The van der Waals surface area contributed by atoms with Gasteiger partial charge in [-0.2, -0.15) is 0 Å². The van der Waals surface area contributed by atoms with Crippen molar-refractivity contribution in [2.24, 2.45) is 0 Å². The Labute approximate surface area is 163 Å². The van der Waals surface area contributed by atoms with Gasteiger partial charge in [0.2, 0.25) is 0 Å². The van der Waals surface area contributed by atoms with Crippen LogP contribution in [-0.4, -0.2) is 23.8 Å². The number of ether oxygens (including phenoxy) is 2. The van der Waals surface area contributed by atoms with E-state index < -0.39 is 0 Å². The zero-order valence-corrected chi connectivity index (χ0v) is 15.6. The maximum Gasteiger partial charge on any atom is 0.123 e. The fourth-order valence-corrected chi connectivity index (χ4v) is 4.29. The Morgan fingerprint density at radius 3 is 2.64 bits per heavy atom. The number of hydrogen-bond donors (Lipinski definition) is 2. The Kier molecular flexibility index (Phi) is 3.97. The van der Waals surface area contributed by atoms with Crippen LogP contribution in [0.3, 0.4) is 0 Å². The van der Waals surface area contributed by atoms with Crippen molar-refractivity contribution in [1.82, 2.24) is 4.98 Å². The molecule has 2 heterocycles. The topological polar surface area (TPSA) is 54.5 Å². The number of hydrogen-bond acceptors (Lipinski definition) is 3. The standard InChI is InChI=1S/C24H21NO3/c1-27-17-10-11-18-20(13-25-22(18)12-17)21-14-28-23-5-3-2-4-19(23)24(21)15-6-8-16(26)9-7-15/h2-13,21,24-26H,14H2,1H3. The number of fused-ring (bicyclic) bond motifs is 2. The molecule has 0 bridgehead atoms. The quantitative estimate of drug-likeness (QED) is 0.521. The largest absolute Gasteiger partial charge is 0.508 e. The SMILES string of the molecule is COc1ccc2c(C3COc4ccccc4C3c3ccc(O)cc3)c[nH]c2c1. The number of phenolic OH excluding ortho intramolecular Hbond substituents is 1. The van der Waals surface area contributed by atoms with Crippen LogP contribution in [0, 0.1) is 0 Å². The zero-order chi connectivity index (χ0) is 19.1. The first-order chi connectivity index (χ1) is 13.7. The molecule has 2 N–H and O–H groups in total. The van der Waals surface area contributed by atoms with Gasteiger partial charge in [-0.05, 0) is 41.5 Å². The zero-order valence-electron chi connectivity index (χ0n) is 15.6. The van der Waals surface area contributed by atoms with Crippen molar-refractivity contribution >= 4 is 10.9 Å². The van der Waals surface area contributed by atoms with Crippen molar-refractivity contribution in [2.45, 2.75) is 11.8 Å². The number of aromatic nitrogens is 1. The summed E-state index contributed by atoms with van der Waals surface area (Å²) < 4.78 is 11.5.